The van der Waals surface area contributed by atoms with Crippen molar-refractivity contribution in [1.29, 1.82) is 0 Å². The Morgan fingerprint density at radius 1 is 1.00 bits per heavy atom. The van der Waals surface area contributed by atoms with Crippen LogP contribution >= 0.6 is 30.1 Å². The van der Waals surface area contributed by atoms with Crippen LogP contribution in [-0.2, 0) is 0 Å². The van der Waals surface area contributed by atoms with E-state index in [2.05, 4.69) is 20.8 Å². The van der Waals surface area contributed by atoms with Gasteiger partial charge in [-0.05, 0) is 5.92 Å². The smallest absolute Gasteiger partial charge is 0.214 e. The second kappa shape index (κ2) is 8.40. The third-order valence-corrected chi connectivity index (χ3v) is 0. The lowest BCUT2D eigenvalue weighted by Gasteiger charge is -1.78. The van der Waals surface area contributed by atoms with Crippen molar-refractivity contribution >= 4 is 41.5 Å². The SMILES string of the molecule is C[C](C)C.[Cl][Al]([Cl])[Cl]. The van der Waals surface area contributed by atoms with Crippen LogP contribution in [-0.4, -0.2) is 11.4 Å². The molecule has 0 aromatic heterocycles. The van der Waals surface area contributed by atoms with E-state index in [1.165, 1.54) is 5.92 Å². The molecule has 0 saturated carbocycles. The van der Waals surface area contributed by atoms with Crippen molar-refractivity contribution in [2.45, 2.75) is 20.8 Å². The monoisotopic (exact) mass is 189 g/mol. The van der Waals surface area contributed by atoms with Crippen molar-refractivity contribution < 1.29 is 0 Å². The highest BCUT2D eigenvalue weighted by Crippen LogP contribution is 1.97. The quantitative estimate of drug-likeness (QED) is 0.514. The molecule has 0 spiro atoms. The van der Waals surface area contributed by atoms with Crippen LogP contribution in [0.3, 0.4) is 0 Å². The topological polar surface area (TPSA) is 0 Å². The van der Waals surface area contributed by atoms with Gasteiger partial charge in [0.05, 0.1) is 0 Å². The van der Waals surface area contributed by atoms with Crippen LogP contribution in [0.1, 0.15) is 20.8 Å². The highest BCUT2D eigenvalue weighted by molar-refractivity contribution is 7.54. The number of halogens is 3. The Morgan fingerprint density at radius 2 is 1.00 bits per heavy atom. The molecule has 49 valence electrons. The Balaban J connectivity index is 0. The van der Waals surface area contributed by atoms with Gasteiger partial charge in [-0.15, -0.1) is 0 Å². The average molecular weight is 190 g/mol. The molecule has 0 amide bonds. The van der Waals surface area contributed by atoms with Gasteiger partial charge in [-0.2, -0.15) is 0 Å². The first kappa shape index (κ1) is 12.1. The summed E-state index contributed by atoms with van der Waals surface area (Å²) in [7, 11) is 14.8. The molecule has 0 aliphatic heterocycles. The first-order valence-corrected chi connectivity index (χ1v) is 7.39. The molecule has 0 fully saturated rings. The van der Waals surface area contributed by atoms with Gasteiger partial charge in [0.1, 0.15) is 0 Å². The summed E-state index contributed by atoms with van der Waals surface area (Å²) >= 11 is -1.72. The molecule has 0 aliphatic carbocycles. The van der Waals surface area contributed by atoms with E-state index in [1.807, 2.05) is 0 Å². The maximum Gasteiger partial charge on any atom is 0.643 e. The van der Waals surface area contributed by atoms with E-state index >= 15 is 0 Å². The Bertz CT molecular complexity index is 26.8. The van der Waals surface area contributed by atoms with Gasteiger partial charge in [0.15, 0.2) is 0 Å². The summed E-state index contributed by atoms with van der Waals surface area (Å²) in [5, 5.41) is 0. The Hall–Kier alpha value is 1.40. The van der Waals surface area contributed by atoms with E-state index in [9.17, 15) is 0 Å². The number of rotatable bonds is 0. The number of hydrogen-bond acceptors (Lipinski definition) is 0. The minimum Gasteiger partial charge on any atom is -0.214 e. The summed E-state index contributed by atoms with van der Waals surface area (Å²) in [5.74, 6) is 1.42. The van der Waals surface area contributed by atoms with Crippen molar-refractivity contribution in [2.24, 2.45) is 0 Å². The molecule has 8 heavy (non-hydrogen) atoms. The molecule has 0 aromatic carbocycles. The zero-order chi connectivity index (χ0) is 7.15. The zero-order valence-corrected chi connectivity index (χ0v) is 8.63. The predicted molar refractivity (Wildman–Crippen MR) is 43.6 cm³/mol. The van der Waals surface area contributed by atoms with E-state index in [1.54, 1.807) is 0 Å². The molecule has 0 aromatic rings. The van der Waals surface area contributed by atoms with Crippen LogP contribution in [0.2, 0.25) is 0 Å². The lowest BCUT2D eigenvalue weighted by atomic mass is 10.3. The van der Waals surface area contributed by atoms with Crippen LogP contribution in [0.5, 0.6) is 0 Å². The van der Waals surface area contributed by atoms with Crippen LogP contribution < -0.4 is 0 Å². The normalized spacial score (nSPS) is 7.88. The summed E-state index contributed by atoms with van der Waals surface area (Å²) in [6, 6.07) is 0. The van der Waals surface area contributed by atoms with Gasteiger partial charge >= 0.3 is 11.4 Å². The molecule has 0 saturated heterocycles. The third-order valence-electron chi connectivity index (χ3n) is 0. The summed E-state index contributed by atoms with van der Waals surface area (Å²) in [6.45, 7) is 6.25. The average Bonchev–Trinajstić information content (AvgIpc) is 1.25. The zero-order valence-electron chi connectivity index (χ0n) is 5.21. The molecule has 0 unspecified atom stereocenters. The van der Waals surface area contributed by atoms with Gasteiger partial charge in [-0.1, -0.05) is 20.8 Å². The molecule has 0 atom stereocenters. The van der Waals surface area contributed by atoms with Crippen LogP contribution in [0.4, 0.5) is 0 Å². The fraction of sp³-hybridized carbons (Fsp3) is 0.750. The minimum atomic E-state index is -1.72. The van der Waals surface area contributed by atoms with E-state index in [0.717, 1.165) is 0 Å². The highest BCUT2D eigenvalue weighted by Gasteiger charge is 2.00. The fourth-order valence-corrected chi connectivity index (χ4v) is 0. The van der Waals surface area contributed by atoms with Crippen molar-refractivity contribution in [1.82, 2.24) is 0 Å². The van der Waals surface area contributed by atoms with E-state index in [-0.39, 0.29) is 0 Å². The van der Waals surface area contributed by atoms with Gasteiger partial charge in [0, 0.05) is 0 Å². The van der Waals surface area contributed by atoms with Gasteiger partial charge < -0.3 is 0 Å². The predicted octanol–water partition coefficient (Wildman–Crippen LogP) is 3.31. The molecule has 0 bridgehead atoms. The van der Waals surface area contributed by atoms with Crippen molar-refractivity contribution in [2.75, 3.05) is 0 Å². The molecule has 0 rings (SSSR count). The largest absolute Gasteiger partial charge is 0.643 e. The fourth-order valence-electron chi connectivity index (χ4n) is 0. The lowest BCUT2D eigenvalue weighted by Crippen LogP contribution is -1.66. The molecular weight excluding hydrogens is 181 g/mol. The van der Waals surface area contributed by atoms with Gasteiger partial charge in [-0.3, -0.25) is 0 Å². The molecule has 0 nitrogen and oxygen atoms in total. The van der Waals surface area contributed by atoms with Crippen molar-refractivity contribution in [3.05, 3.63) is 5.92 Å². The maximum absolute atomic E-state index is 4.94. The summed E-state index contributed by atoms with van der Waals surface area (Å²) in [4.78, 5) is 0. The van der Waals surface area contributed by atoms with Crippen molar-refractivity contribution in [3.63, 3.8) is 0 Å². The first-order chi connectivity index (χ1) is 3.46. The van der Waals surface area contributed by atoms with Crippen LogP contribution in [0, 0.1) is 5.92 Å². The van der Waals surface area contributed by atoms with Gasteiger partial charge in [-0.25, -0.2) is 30.1 Å². The van der Waals surface area contributed by atoms with E-state index in [0.29, 0.717) is 0 Å². The van der Waals surface area contributed by atoms with E-state index in [4.69, 9.17) is 30.1 Å². The molecular formula is C4H9AlCl3. The second-order valence-corrected chi connectivity index (χ2v) is 8.18. The summed E-state index contributed by atoms with van der Waals surface area (Å²) in [5.41, 5.74) is 0. The molecule has 0 aliphatic rings. The summed E-state index contributed by atoms with van der Waals surface area (Å²) < 4.78 is 0. The first-order valence-electron chi connectivity index (χ1n) is 2.15. The van der Waals surface area contributed by atoms with Gasteiger partial charge in [0.25, 0.3) is 0 Å². The standard InChI is InChI=1S/C4H9.Al.3ClH/c1-4(2)3;;;;/h1-3H3;;3*1H/q;+3;;;/p-3. The second-order valence-electron chi connectivity index (χ2n) is 1.75. The van der Waals surface area contributed by atoms with Crippen molar-refractivity contribution in [3.8, 4) is 0 Å². The minimum absolute atomic E-state index is 1.42. The highest BCUT2D eigenvalue weighted by atomic mass is 35.8. The molecule has 1 radical (unpaired) electrons. The lowest BCUT2D eigenvalue weighted by molar-refractivity contribution is 1.10. The third kappa shape index (κ3) is 154. The number of hydrogen-bond donors (Lipinski definition) is 0. The van der Waals surface area contributed by atoms with Crippen LogP contribution in [0.15, 0.2) is 0 Å². The Morgan fingerprint density at radius 3 is 1.00 bits per heavy atom. The van der Waals surface area contributed by atoms with E-state index < -0.39 is 11.4 Å². The Kier molecular flexibility index (Phi) is 12.7. The molecule has 0 heterocycles. The summed E-state index contributed by atoms with van der Waals surface area (Å²) in [6.07, 6.45) is 0. The maximum atomic E-state index is 4.94. The molecule has 0 N–H and O–H groups in total. The van der Waals surface area contributed by atoms with Crippen LogP contribution in [0.25, 0.3) is 0 Å². The molecule has 4 heteroatoms. The van der Waals surface area contributed by atoms with Gasteiger partial charge in [0.2, 0.25) is 0 Å². The Labute approximate surface area is 68.1 Å².